The third-order valence-electron chi connectivity index (χ3n) is 2.33. The quantitative estimate of drug-likeness (QED) is 0.756. The van der Waals surface area contributed by atoms with Gasteiger partial charge in [0.2, 0.25) is 5.91 Å². The van der Waals surface area contributed by atoms with E-state index >= 15 is 0 Å². The fourth-order valence-electron chi connectivity index (χ4n) is 1.38. The molecular formula is C9H13IN4O. The number of primary amides is 1. The lowest BCUT2D eigenvalue weighted by Crippen LogP contribution is -2.45. The van der Waals surface area contributed by atoms with Gasteiger partial charge in [0.15, 0.2) is 0 Å². The van der Waals surface area contributed by atoms with Crippen molar-refractivity contribution in [3.8, 4) is 0 Å². The first kappa shape index (κ1) is 10.9. The first-order chi connectivity index (χ1) is 7.15. The molecule has 0 aromatic carbocycles. The summed E-state index contributed by atoms with van der Waals surface area (Å²) in [5.74, 6) is -0.313. The van der Waals surface area contributed by atoms with Crippen molar-refractivity contribution in [1.29, 1.82) is 0 Å². The number of aromatic nitrogens is 2. The van der Waals surface area contributed by atoms with Gasteiger partial charge in [0, 0.05) is 12.2 Å². The first-order valence-electron chi connectivity index (χ1n) is 4.88. The maximum Gasteiger partial charge on any atom is 0.236 e. The topological polar surface area (TPSA) is 72.9 Å². The Balaban J connectivity index is 1.95. The summed E-state index contributed by atoms with van der Waals surface area (Å²) in [6.45, 7) is 0.509. The van der Waals surface area contributed by atoms with Crippen LogP contribution in [0.1, 0.15) is 12.8 Å². The molecule has 1 unspecified atom stereocenters. The number of rotatable bonds is 5. The molecule has 0 radical (unpaired) electrons. The van der Waals surface area contributed by atoms with Crippen LogP contribution in [0.5, 0.6) is 0 Å². The van der Waals surface area contributed by atoms with Gasteiger partial charge in [-0.25, -0.2) is 0 Å². The molecule has 15 heavy (non-hydrogen) atoms. The summed E-state index contributed by atoms with van der Waals surface area (Å²) in [5, 5.41) is 7.34. The lowest BCUT2D eigenvalue weighted by atomic mass is 10.2. The minimum atomic E-state index is -0.313. The number of nitrogens with one attached hydrogen (secondary N) is 1. The summed E-state index contributed by atoms with van der Waals surface area (Å²) in [6.07, 6.45) is 5.93. The number of halogens is 1. The predicted octanol–water partition coefficient (Wildman–Crippen LogP) is 0.0936. The van der Waals surface area contributed by atoms with Crippen LogP contribution in [-0.4, -0.2) is 27.8 Å². The van der Waals surface area contributed by atoms with Crippen molar-refractivity contribution >= 4 is 28.5 Å². The van der Waals surface area contributed by atoms with Crippen molar-refractivity contribution < 1.29 is 4.79 Å². The van der Waals surface area contributed by atoms with Crippen LogP contribution in [0.15, 0.2) is 12.4 Å². The Morgan fingerprint density at radius 3 is 3.00 bits per heavy atom. The van der Waals surface area contributed by atoms with Gasteiger partial charge in [-0.2, -0.15) is 5.10 Å². The highest BCUT2D eigenvalue weighted by atomic mass is 127. The number of nitrogens with zero attached hydrogens (tertiary/aromatic N) is 2. The zero-order valence-corrected chi connectivity index (χ0v) is 10.3. The van der Waals surface area contributed by atoms with Crippen LogP contribution in [0.3, 0.4) is 0 Å². The van der Waals surface area contributed by atoms with E-state index in [9.17, 15) is 4.79 Å². The van der Waals surface area contributed by atoms with E-state index in [0.29, 0.717) is 12.6 Å². The number of hydrogen-bond donors (Lipinski definition) is 2. The third kappa shape index (κ3) is 3.16. The second kappa shape index (κ2) is 4.48. The normalized spacial score (nSPS) is 17.7. The molecule has 1 aromatic rings. The van der Waals surface area contributed by atoms with Gasteiger partial charge in [0.05, 0.1) is 16.3 Å². The minimum absolute atomic E-state index is 0.312. The molecule has 5 nitrogen and oxygen atoms in total. The van der Waals surface area contributed by atoms with E-state index < -0.39 is 0 Å². The molecule has 1 saturated carbocycles. The second-order valence-electron chi connectivity index (χ2n) is 3.78. The van der Waals surface area contributed by atoms with Crippen LogP contribution in [0.25, 0.3) is 0 Å². The first-order valence-corrected chi connectivity index (χ1v) is 5.96. The smallest absolute Gasteiger partial charge is 0.236 e. The van der Waals surface area contributed by atoms with Gasteiger partial charge in [0.25, 0.3) is 0 Å². The summed E-state index contributed by atoms with van der Waals surface area (Å²) in [7, 11) is 0. The SMILES string of the molecule is NC(=O)C(Cn1cc(I)cn1)NC1CC1. The second-order valence-corrected chi connectivity index (χ2v) is 5.02. The number of carbonyl (C=O) groups is 1. The van der Waals surface area contributed by atoms with E-state index in [1.165, 1.54) is 0 Å². The molecule has 1 aromatic heterocycles. The minimum Gasteiger partial charge on any atom is -0.368 e. The summed E-state index contributed by atoms with van der Waals surface area (Å²) in [6, 6.07) is 0.158. The molecule has 82 valence electrons. The monoisotopic (exact) mass is 320 g/mol. The summed E-state index contributed by atoms with van der Waals surface area (Å²) >= 11 is 2.18. The Hall–Kier alpha value is -0.630. The Labute approximate surface area is 102 Å². The van der Waals surface area contributed by atoms with Crippen LogP contribution in [-0.2, 0) is 11.3 Å². The Morgan fingerprint density at radius 1 is 1.80 bits per heavy atom. The molecule has 1 fully saturated rings. The molecule has 3 N–H and O–H groups in total. The fourth-order valence-corrected chi connectivity index (χ4v) is 1.83. The van der Waals surface area contributed by atoms with Gasteiger partial charge in [-0.05, 0) is 35.4 Å². The lowest BCUT2D eigenvalue weighted by Gasteiger charge is -2.14. The number of nitrogens with two attached hydrogens (primary N) is 1. The molecule has 0 saturated heterocycles. The Morgan fingerprint density at radius 2 is 2.53 bits per heavy atom. The summed E-state index contributed by atoms with van der Waals surface area (Å²) in [4.78, 5) is 11.2. The molecular weight excluding hydrogens is 307 g/mol. The van der Waals surface area contributed by atoms with E-state index in [-0.39, 0.29) is 11.9 Å². The molecule has 1 heterocycles. The number of carbonyl (C=O) groups excluding carboxylic acids is 1. The molecule has 0 bridgehead atoms. The predicted molar refractivity (Wildman–Crippen MR) is 64.1 cm³/mol. The number of hydrogen-bond acceptors (Lipinski definition) is 3. The maximum atomic E-state index is 11.2. The largest absolute Gasteiger partial charge is 0.368 e. The van der Waals surface area contributed by atoms with Crippen molar-refractivity contribution in [3.63, 3.8) is 0 Å². The van der Waals surface area contributed by atoms with E-state index in [2.05, 4.69) is 33.0 Å². The Bertz CT molecular complexity index is 361. The van der Waals surface area contributed by atoms with Crippen LogP contribution < -0.4 is 11.1 Å². The van der Waals surface area contributed by atoms with Crippen molar-refractivity contribution in [2.45, 2.75) is 31.5 Å². The molecule has 0 spiro atoms. The molecule has 1 atom stereocenters. The highest BCUT2D eigenvalue weighted by Crippen LogP contribution is 2.19. The molecule has 1 aliphatic rings. The zero-order valence-electron chi connectivity index (χ0n) is 8.19. The van der Waals surface area contributed by atoms with E-state index in [4.69, 9.17) is 5.73 Å². The Kier molecular flexibility index (Phi) is 3.25. The van der Waals surface area contributed by atoms with Crippen LogP contribution >= 0.6 is 22.6 Å². The van der Waals surface area contributed by atoms with Gasteiger partial charge >= 0.3 is 0 Å². The van der Waals surface area contributed by atoms with E-state index in [1.807, 2.05) is 6.20 Å². The molecule has 2 rings (SSSR count). The van der Waals surface area contributed by atoms with Crippen LogP contribution in [0.2, 0.25) is 0 Å². The summed E-state index contributed by atoms with van der Waals surface area (Å²) < 4.78 is 2.80. The lowest BCUT2D eigenvalue weighted by molar-refractivity contribution is -0.120. The highest BCUT2D eigenvalue weighted by molar-refractivity contribution is 14.1. The van der Waals surface area contributed by atoms with Gasteiger partial charge in [0.1, 0.15) is 6.04 Å². The third-order valence-corrected chi connectivity index (χ3v) is 2.89. The van der Waals surface area contributed by atoms with Crippen LogP contribution in [0.4, 0.5) is 0 Å². The van der Waals surface area contributed by atoms with Crippen LogP contribution in [0, 0.1) is 3.57 Å². The summed E-state index contributed by atoms with van der Waals surface area (Å²) in [5.41, 5.74) is 5.32. The van der Waals surface area contributed by atoms with Crippen molar-refractivity contribution in [3.05, 3.63) is 16.0 Å². The van der Waals surface area contributed by atoms with Crippen molar-refractivity contribution in [1.82, 2.24) is 15.1 Å². The van der Waals surface area contributed by atoms with Gasteiger partial charge in [-0.3, -0.25) is 9.48 Å². The average molecular weight is 320 g/mol. The molecule has 6 heteroatoms. The van der Waals surface area contributed by atoms with Crippen molar-refractivity contribution in [2.75, 3.05) is 0 Å². The van der Waals surface area contributed by atoms with Gasteiger partial charge in [-0.1, -0.05) is 0 Å². The van der Waals surface area contributed by atoms with Gasteiger partial charge < -0.3 is 11.1 Å². The average Bonchev–Trinajstić information content (AvgIpc) is 2.89. The molecule has 1 amide bonds. The highest BCUT2D eigenvalue weighted by Gasteiger charge is 2.27. The zero-order chi connectivity index (χ0) is 10.8. The van der Waals surface area contributed by atoms with Crippen molar-refractivity contribution in [2.24, 2.45) is 5.73 Å². The standard InChI is InChI=1S/C9H13IN4O/c10-6-3-12-14(4-6)5-8(9(11)15)13-7-1-2-7/h3-4,7-8,13H,1-2,5H2,(H2,11,15). The number of amides is 1. The maximum absolute atomic E-state index is 11.2. The van der Waals surface area contributed by atoms with E-state index in [0.717, 1.165) is 16.4 Å². The van der Waals surface area contributed by atoms with Gasteiger partial charge in [-0.15, -0.1) is 0 Å². The molecule has 0 aliphatic heterocycles. The van der Waals surface area contributed by atoms with E-state index in [1.54, 1.807) is 10.9 Å². The molecule has 1 aliphatic carbocycles. The fraction of sp³-hybridized carbons (Fsp3) is 0.556.